The van der Waals surface area contributed by atoms with Crippen LogP contribution in [-0.2, 0) is 0 Å². The summed E-state index contributed by atoms with van der Waals surface area (Å²) in [6.07, 6.45) is 0. The van der Waals surface area contributed by atoms with Gasteiger partial charge in [-0.05, 0) is 97.1 Å². The van der Waals surface area contributed by atoms with E-state index in [2.05, 4.69) is 130 Å². The molecule has 0 atom stereocenters. The zero-order chi connectivity index (χ0) is 36.0. The summed E-state index contributed by atoms with van der Waals surface area (Å²) in [5.74, 6) is 2.42. The summed E-state index contributed by atoms with van der Waals surface area (Å²) in [7, 11) is 0. The molecule has 256 valence electrons. The van der Waals surface area contributed by atoms with Crippen molar-refractivity contribution in [3.63, 3.8) is 0 Å². The van der Waals surface area contributed by atoms with E-state index in [1.165, 1.54) is 21.5 Å². The molecular formula is C49H32N2O3. The number of para-hydroxylation sites is 4. The third kappa shape index (κ3) is 5.47. The molecule has 5 nitrogen and oxygen atoms in total. The van der Waals surface area contributed by atoms with E-state index in [0.717, 1.165) is 33.4 Å². The van der Waals surface area contributed by atoms with Gasteiger partial charge in [0.25, 0.3) is 0 Å². The Labute approximate surface area is 311 Å². The van der Waals surface area contributed by atoms with Crippen molar-refractivity contribution in [2.75, 3.05) is 0 Å². The summed E-state index contributed by atoms with van der Waals surface area (Å²) >= 11 is 0. The fourth-order valence-electron chi connectivity index (χ4n) is 7.57. The van der Waals surface area contributed by atoms with Gasteiger partial charge < -0.3 is 18.6 Å². The second-order valence-electron chi connectivity index (χ2n) is 13.3. The molecule has 0 fully saturated rings. The fraction of sp³-hybridized carbons (Fsp3) is 0. The highest BCUT2D eigenvalue weighted by atomic mass is 16.5. The summed E-state index contributed by atoms with van der Waals surface area (Å²) in [5.41, 5.74) is 7.77. The molecule has 0 bridgehead atoms. The van der Waals surface area contributed by atoms with Crippen LogP contribution in [0, 0.1) is 0 Å². The second-order valence-corrected chi connectivity index (χ2v) is 13.3. The van der Waals surface area contributed by atoms with E-state index >= 15 is 0 Å². The van der Waals surface area contributed by atoms with Gasteiger partial charge in [0.15, 0.2) is 5.78 Å². The van der Waals surface area contributed by atoms with Crippen molar-refractivity contribution in [1.29, 1.82) is 0 Å². The molecule has 2 heterocycles. The van der Waals surface area contributed by atoms with Gasteiger partial charge >= 0.3 is 0 Å². The second kappa shape index (κ2) is 13.0. The Bertz CT molecular complexity index is 2700. The average Bonchev–Trinajstić information content (AvgIpc) is 3.75. The SMILES string of the molecule is O=C(c1cccc(Oc2ccc(-n3c4ccccc4c4ccccc43)cc2)c1)c1cccc(Oc2ccc(-n3c4ccccc4c4ccccc43)cc2)c1. The lowest BCUT2D eigenvalue weighted by molar-refractivity contribution is 0.103. The van der Waals surface area contributed by atoms with Crippen molar-refractivity contribution in [1.82, 2.24) is 9.13 Å². The number of carbonyl (C=O) groups excluding carboxylic acids is 1. The van der Waals surface area contributed by atoms with Crippen LogP contribution in [0.25, 0.3) is 55.0 Å². The monoisotopic (exact) mass is 696 g/mol. The van der Waals surface area contributed by atoms with Crippen molar-refractivity contribution in [3.8, 4) is 34.4 Å². The van der Waals surface area contributed by atoms with E-state index in [1.54, 1.807) is 12.1 Å². The molecule has 5 heteroatoms. The average molecular weight is 697 g/mol. The number of benzene rings is 8. The van der Waals surface area contributed by atoms with Gasteiger partial charge in [-0.25, -0.2) is 0 Å². The lowest BCUT2D eigenvalue weighted by Gasteiger charge is -2.11. The maximum Gasteiger partial charge on any atom is 0.193 e. The van der Waals surface area contributed by atoms with E-state index in [1.807, 2.05) is 60.7 Å². The summed E-state index contributed by atoms with van der Waals surface area (Å²) in [4.78, 5) is 13.7. The molecule has 10 aromatic rings. The van der Waals surface area contributed by atoms with Crippen LogP contribution < -0.4 is 9.47 Å². The molecule has 0 aliphatic heterocycles. The number of aromatic nitrogens is 2. The van der Waals surface area contributed by atoms with Gasteiger partial charge in [0.2, 0.25) is 0 Å². The van der Waals surface area contributed by atoms with Gasteiger partial charge in [0.1, 0.15) is 23.0 Å². The minimum absolute atomic E-state index is 0.116. The van der Waals surface area contributed by atoms with Crippen LogP contribution in [0.2, 0.25) is 0 Å². The Hall–Kier alpha value is -7.37. The van der Waals surface area contributed by atoms with Crippen molar-refractivity contribution in [2.24, 2.45) is 0 Å². The molecule has 0 aliphatic rings. The predicted octanol–water partition coefficient (Wildman–Crippen LogP) is 12.7. The molecule has 10 rings (SSSR count). The molecule has 0 spiro atoms. The number of fused-ring (bicyclic) bond motifs is 6. The summed E-state index contributed by atoms with van der Waals surface area (Å²) in [6, 6.07) is 64.5. The molecule has 0 saturated heterocycles. The predicted molar refractivity (Wildman–Crippen MR) is 218 cm³/mol. The van der Waals surface area contributed by atoms with Gasteiger partial charge in [-0.15, -0.1) is 0 Å². The summed E-state index contributed by atoms with van der Waals surface area (Å²) in [6.45, 7) is 0. The number of hydrogen-bond donors (Lipinski definition) is 0. The third-order valence-electron chi connectivity index (χ3n) is 10.0. The Morgan fingerprint density at radius 2 is 0.667 bits per heavy atom. The van der Waals surface area contributed by atoms with Gasteiger partial charge in [0.05, 0.1) is 22.1 Å². The first-order valence-electron chi connectivity index (χ1n) is 18.0. The molecule has 0 radical (unpaired) electrons. The van der Waals surface area contributed by atoms with Crippen LogP contribution in [0.5, 0.6) is 23.0 Å². The minimum atomic E-state index is -0.116. The van der Waals surface area contributed by atoms with Crippen LogP contribution in [0.1, 0.15) is 15.9 Å². The Morgan fingerprint density at radius 3 is 1.02 bits per heavy atom. The van der Waals surface area contributed by atoms with Crippen LogP contribution >= 0.6 is 0 Å². The first-order chi connectivity index (χ1) is 26.7. The van der Waals surface area contributed by atoms with E-state index in [9.17, 15) is 4.79 Å². The van der Waals surface area contributed by atoms with E-state index < -0.39 is 0 Å². The van der Waals surface area contributed by atoms with Crippen molar-refractivity contribution in [2.45, 2.75) is 0 Å². The summed E-state index contributed by atoms with van der Waals surface area (Å²) < 4.78 is 17.0. The molecule has 8 aromatic carbocycles. The maximum absolute atomic E-state index is 13.7. The minimum Gasteiger partial charge on any atom is -0.457 e. The number of rotatable bonds is 8. The summed E-state index contributed by atoms with van der Waals surface area (Å²) in [5, 5.41) is 4.88. The fourth-order valence-corrected chi connectivity index (χ4v) is 7.57. The lowest BCUT2D eigenvalue weighted by atomic mass is 10.0. The number of ketones is 1. The van der Waals surface area contributed by atoms with Crippen LogP contribution in [0.3, 0.4) is 0 Å². The molecule has 0 saturated carbocycles. The third-order valence-corrected chi connectivity index (χ3v) is 10.0. The molecule has 0 amide bonds. The lowest BCUT2D eigenvalue weighted by Crippen LogP contribution is -2.02. The highest BCUT2D eigenvalue weighted by Gasteiger charge is 2.15. The van der Waals surface area contributed by atoms with Crippen LogP contribution in [0.4, 0.5) is 0 Å². The first-order valence-corrected chi connectivity index (χ1v) is 18.0. The van der Waals surface area contributed by atoms with Gasteiger partial charge in [-0.2, -0.15) is 0 Å². The Kier molecular flexibility index (Phi) is 7.55. The van der Waals surface area contributed by atoms with Crippen molar-refractivity contribution in [3.05, 3.63) is 205 Å². The van der Waals surface area contributed by atoms with Gasteiger partial charge in [0, 0.05) is 44.0 Å². The molecular weight excluding hydrogens is 665 g/mol. The number of nitrogens with zero attached hydrogens (tertiary/aromatic N) is 2. The van der Waals surface area contributed by atoms with E-state index in [4.69, 9.17) is 9.47 Å². The first kappa shape index (κ1) is 31.4. The number of ether oxygens (including phenoxy) is 2. The maximum atomic E-state index is 13.7. The van der Waals surface area contributed by atoms with Crippen LogP contribution in [-0.4, -0.2) is 14.9 Å². The van der Waals surface area contributed by atoms with E-state index in [-0.39, 0.29) is 5.78 Å². The zero-order valence-corrected chi connectivity index (χ0v) is 29.1. The topological polar surface area (TPSA) is 45.4 Å². The molecule has 0 N–H and O–H groups in total. The molecule has 54 heavy (non-hydrogen) atoms. The highest BCUT2D eigenvalue weighted by Crippen LogP contribution is 2.35. The molecule has 2 aromatic heterocycles. The molecule has 0 unspecified atom stereocenters. The Balaban J connectivity index is 0.860. The van der Waals surface area contributed by atoms with E-state index in [0.29, 0.717) is 34.1 Å². The van der Waals surface area contributed by atoms with Gasteiger partial charge in [-0.1, -0.05) is 97.1 Å². The largest absolute Gasteiger partial charge is 0.457 e. The van der Waals surface area contributed by atoms with Crippen molar-refractivity contribution >= 4 is 49.4 Å². The smallest absolute Gasteiger partial charge is 0.193 e. The zero-order valence-electron chi connectivity index (χ0n) is 29.1. The van der Waals surface area contributed by atoms with Gasteiger partial charge in [-0.3, -0.25) is 4.79 Å². The molecule has 0 aliphatic carbocycles. The van der Waals surface area contributed by atoms with Crippen molar-refractivity contribution < 1.29 is 14.3 Å². The number of carbonyl (C=O) groups is 1. The quantitative estimate of drug-likeness (QED) is 0.149. The standard InChI is InChI=1S/C49H32N2O3/c52-49(33-11-9-13-39(31-33)53-37-27-23-35(24-28-37)50-45-19-5-1-15-41(45)42-16-2-6-20-46(42)50)34-12-10-14-40(32-34)54-38-29-25-36(26-30-38)51-47-21-7-3-17-43(47)44-18-4-8-22-48(44)51/h1-32H. The highest BCUT2D eigenvalue weighted by molar-refractivity contribution is 6.11. The number of hydrogen-bond acceptors (Lipinski definition) is 3. The van der Waals surface area contributed by atoms with Crippen LogP contribution in [0.15, 0.2) is 194 Å². The Morgan fingerprint density at radius 1 is 0.333 bits per heavy atom. The normalized spacial score (nSPS) is 11.4.